The Kier molecular flexibility index (Phi) is 4.47. The lowest BCUT2D eigenvalue weighted by Gasteiger charge is -2.32. The molecule has 0 saturated carbocycles. The van der Waals surface area contributed by atoms with E-state index in [1.165, 1.54) is 6.20 Å². The van der Waals surface area contributed by atoms with E-state index in [0.29, 0.717) is 23.8 Å². The molecule has 1 aliphatic heterocycles. The average Bonchev–Trinajstić information content (AvgIpc) is 3.09. The van der Waals surface area contributed by atoms with Crippen molar-refractivity contribution < 1.29 is 4.79 Å². The van der Waals surface area contributed by atoms with Crippen LogP contribution in [-0.2, 0) is 6.54 Å². The first-order chi connectivity index (χ1) is 11.2. The molecule has 0 aliphatic carbocycles. The fraction of sp³-hybridized carbons (Fsp3) is 0.400. The van der Waals surface area contributed by atoms with Gasteiger partial charge >= 0.3 is 6.03 Å². The van der Waals surface area contributed by atoms with Gasteiger partial charge in [-0.1, -0.05) is 5.21 Å². The summed E-state index contributed by atoms with van der Waals surface area (Å²) in [6.45, 7) is 2.18. The van der Waals surface area contributed by atoms with Gasteiger partial charge in [0, 0.05) is 32.0 Å². The number of amides is 2. The van der Waals surface area contributed by atoms with E-state index in [1.807, 2.05) is 12.3 Å². The number of carbonyl (C=O) groups excluding carboxylic acids is 1. The van der Waals surface area contributed by atoms with E-state index in [0.717, 1.165) is 25.9 Å². The Hall–Kier alpha value is -2.95. The number of piperidine rings is 1. The monoisotopic (exact) mass is 311 g/mol. The zero-order chi connectivity index (χ0) is 16.1. The van der Waals surface area contributed by atoms with Crippen molar-refractivity contribution >= 4 is 11.8 Å². The van der Waals surface area contributed by atoms with Crippen molar-refractivity contribution in [2.45, 2.75) is 19.4 Å². The Balaban J connectivity index is 1.57. The van der Waals surface area contributed by atoms with Gasteiger partial charge < -0.3 is 4.90 Å². The van der Waals surface area contributed by atoms with Crippen molar-refractivity contribution in [2.24, 2.45) is 5.92 Å². The molecule has 0 radical (unpaired) electrons. The Morgan fingerprint density at radius 2 is 2.39 bits per heavy atom. The summed E-state index contributed by atoms with van der Waals surface area (Å²) in [7, 11) is 0. The standard InChI is InChI=1S/C15H17N7O/c16-8-12-3-4-14(17-9-12)19-15(23)21-6-1-2-13(10-21)11-22-7-5-18-20-22/h3-5,7,9,13H,1-2,6,10-11H2,(H,17,19,23). The van der Waals surface area contributed by atoms with Crippen LogP contribution in [0, 0.1) is 17.2 Å². The van der Waals surface area contributed by atoms with Crippen LogP contribution < -0.4 is 5.32 Å². The van der Waals surface area contributed by atoms with E-state index in [9.17, 15) is 4.79 Å². The largest absolute Gasteiger partial charge is 0.324 e. The maximum Gasteiger partial charge on any atom is 0.323 e. The number of urea groups is 1. The van der Waals surface area contributed by atoms with Crippen LogP contribution in [0.1, 0.15) is 18.4 Å². The lowest BCUT2D eigenvalue weighted by molar-refractivity contribution is 0.168. The van der Waals surface area contributed by atoms with Crippen LogP contribution in [0.5, 0.6) is 0 Å². The maximum atomic E-state index is 12.3. The number of hydrogen-bond donors (Lipinski definition) is 1. The molecule has 1 atom stereocenters. The van der Waals surface area contributed by atoms with Gasteiger partial charge in [0.15, 0.2) is 0 Å². The molecule has 1 unspecified atom stereocenters. The molecule has 1 saturated heterocycles. The summed E-state index contributed by atoms with van der Waals surface area (Å²) in [5.74, 6) is 0.817. The summed E-state index contributed by atoms with van der Waals surface area (Å²) in [6.07, 6.45) is 6.97. The van der Waals surface area contributed by atoms with Crippen LogP contribution in [0.25, 0.3) is 0 Å². The minimum Gasteiger partial charge on any atom is -0.324 e. The van der Waals surface area contributed by atoms with Gasteiger partial charge in [-0.15, -0.1) is 5.10 Å². The zero-order valence-corrected chi connectivity index (χ0v) is 12.6. The van der Waals surface area contributed by atoms with E-state index in [2.05, 4.69) is 20.6 Å². The Bertz CT molecular complexity index is 690. The number of nitrogens with zero attached hydrogens (tertiary/aromatic N) is 6. The molecule has 0 spiro atoms. The van der Waals surface area contributed by atoms with Crippen molar-refractivity contribution in [3.05, 3.63) is 36.3 Å². The number of nitriles is 1. The molecule has 3 heterocycles. The number of hydrogen-bond acceptors (Lipinski definition) is 5. The molecule has 1 N–H and O–H groups in total. The highest BCUT2D eigenvalue weighted by molar-refractivity contribution is 5.88. The molecule has 8 nitrogen and oxygen atoms in total. The first-order valence-electron chi connectivity index (χ1n) is 7.51. The number of anilines is 1. The van der Waals surface area contributed by atoms with Crippen molar-refractivity contribution in [3.8, 4) is 6.07 Å². The maximum absolute atomic E-state index is 12.3. The van der Waals surface area contributed by atoms with Crippen LogP contribution in [0.3, 0.4) is 0 Å². The number of aromatic nitrogens is 4. The summed E-state index contributed by atoms with van der Waals surface area (Å²) >= 11 is 0. The van der Waals surface area contributed by atoms with Crippen molar-refractivity contribution in [3.63, 3.8) is 0 Å². The topological polar surface area (TPSA) is 99.7 Å². The summed E-state index contributed by atoms with van der Waals surface area (Å²) < 4.78 is 1.80. The highest BCUT2D eigenvalue weighted by atomic mass is 16.2. The highest BCUT2D eigenvalue weighted by Crippen LogP contribution is 2.19. The van der Waals surface area contributed by atoms with Crippen LogP contribution in [0.4, 0.5) is 10.6 Å². The molecular weight excluding hydrogens is 294 g/mol. The number of pyridine rings is 1. The van der Waals surface area contributed by atoms with Gasteiger partial charge in [-0.3, -0.25) is 10.00 Å². The number of likely N-dealkylation sites (tertiary alicyclic amines) is 1. The summed E-state index contributed by atoms with van der Waals surface area (Å²) in [5.41, 5.74) is 0.467. The number of carbonyl (C=O) groups is 1. The average molecular weight is 311 g/mol. The number of nitrogens with one attached hydrogen (secondary N) is 1. The van der Waals surface area contributed by atoms with Crippen molar-refractivity contribution in [2.75, 3.05) is 18.4 Å². The van der Waals surface area contributed by atoms with Gasteiger partial charge in [-0.2, -0.15) is 5.26 Å². The van der Waals surface area contributed by atoms with Crippen molar-refractivity contribution in [1.29, 1.82) is 5.26 Å². The van der Waals surface area contributed by atoms with Gasteiger partial charge in [0.1, 0.15) is 11.9 Å². The smallest absolute Gasteiger partial charge is 0.323 e. The second kappa shape index (κ2) is 6.87. The molecular formula is C15H17N7O. The third kappa shape index (κ3) is 3.83. The first kappa shape index (κ1) is 15.0. The predicted octanol–water partition coefficient (Wildman–Crippen LogP) is 1.49. The molecule has 1 fully saturated rings. The normalized spacial score (nSPS) is 17.5. The quantitative estimate of drug-likeness (QED) is 0.925. The molecule has 1 aliphatic rings. The third-order valence-electron chi connectivity index (χ3n) is 3.85. The second-order valence-electron chi connectivity index (χ2n) is 5.55. The van der Waals surface area contributed by atoms with Gasteiger partial charge in [0.2, 0.25) is 0 Å². The molecule has 3 rings (SSSR count). The van der Waals surface area contributed by atoms with E-state index in [4.69, 9.17) is 5.26 Å². The van der Waals surface area contributed by atoms with Gasteiger partial charge in [-0.25, -0.2) is 9.78 Å². The van der Waals surface area contributed by atoms with E-state index >= 15 is 0 Å². The third-order valence-corrected chi connectivity index (χ3v) is 3.85. The minimum atomic E-state index is -0.162. The summed E-state index contributed by atoms with van der Waals surface area (Å²) in [4.78, 5) is 18.2. The van der Waals surface area contributed by atoms with Crippen LogP contribution in [-0.4, -0.2) is 44.0 Å². The van der Waals surface area contributed by atoms with Crippen LogP contribution in [0.2, 0.25) is 0 Å². The van der Waals surface area contributed by atoms with Crippen molar-refractivity contribution in [1.82, 2.24) is 24.9 Å². The lowest BCUT2D eigenvalue weighted by Crippen LogP contribution is -2.43. The van der Waals surface area contributed by atoms with Gasteiger partial charge in [0.25, 0.3) is 0 Å². The van der Waals surface area contributed by atoms with Gasteiger partial charge in [0.05, 0.1) is 11.8 Å². The van der Waals surface area contributed by atoms with Gasteiger partial charge in [-0.05, 0) is 30.9 Å². The van der Waals surface area contributed by atoms with E-state index in [-0.39, 0.29) is 6.03 Å². The molecule has 23 heavy (non-hydrogen) atoms. The summed E-state index contributed by atoms with van der Waals surface area (Å²) in [5, 5.41) is 19.3. The van der Waals surface area contributed by atoms with E-state index < -0.39 is 0 Å². The van der Waals surface area contributed by atoms with Crippen LogP contribution in [0.15, 0.2) is 30.7 Å². The highest BCUT2D eigenvalue weighted by Gasteiger charge is 2.24. The fourth-order valence-corrected chi connectivity index (χ4v) is 2.72. The fourth-order valence-electron chi connectivity index (χ4n) is 2.72. The van der Waals surface area contributed by atoms with E-state index in [1.54, 1.807) is 27.9 Å². The Morgan fingerprint density at radius 1 is 1.48 bits per heavy atom. The molecule has 0 aromatic carbocycles. The lowest BCUT2D eigenvalue weighted by atomic mass is 9.98. The first-order valence-corrected chi connectivity index (χ1v) is 7.51. The zero-order valence-electron chi connectivity index (χ0n) is 12.6. The Morgan fingerprint density at radius 3 is 3.09 bits per heavy atom. The van der Waals surface area contributed by atoms with Crippen LogP contribution >= 0.6 is 0 Å². The molecule has 0 bridgehead atoms. The second-order valence-corrected chi connectivity index (χ2v) is 5.55. The molecule has 2 aromatic heterocycles. The molecule has 2 aromatic rings. The predicted molar refractivity (Wildman–Crippen MR) is 82.3 cm³/mol. The molecule has 2 amide bonds. The summed E-state index contributed by atoms with van der Waals surface area (Å²) in [6, 6.07) is 5.10. The minimum absolute atomic E-state index is 0.162. The SMILES string of the molecule is N#Cc1ccc(NC(=O)N2CCCC(Cn3ccnn3)C2)nc1. The molecule has 8 heteroatoms. The Labute approximate surface area is 133 Å². The number of rotatable bonds is 3. The molecule has 118 valence electrons.